The van der Waals surface area contributed by atoms with Gasteiger partial charge >= 0.3 is 0 Å². The van der Waals surface area contributed by atoms with Crippen LogP contribution in [0.25, 0.3) is 10.2 Å². The molecular formula is C19H21ClN4S2. The number of thioether (sulfide) groups is 1. The van der Waals surface area contributed by atoms with Crippen LogP contribution in [0, 0.1) is 0 Å². The quantitative estimate of drug-likeness (QED) is 0.490. The molecule has 0 saturated carbocycles. The molecular weight excluding hydrogens is 384 g/mol. The second-order valence-electron chi connectivity index (χ2n) is 6.80. The van der Waals surface area contributed by atoms with Crippen LogP contribution in [0.15, 0.2) is 29.4 Å². The van der Waals surface area contributed by atoms with Crippen LogP contribution in [0.5, 0.6) is 0 Å². The van der Waals surface area contributed by atoms with Crippen LogP contribution >= 0.6 is 34.7 Å². The van der Waals surface area contributed by atoms with E-state index in [1.54, 1.807) is 23.1 Å². The van der Waals surface area contributed by atoms with Crippen LogP contribution in [0.4, 0.5) is 5.82 Å². The first kappa shape index (κ1) is 18.0. The number of nitrogens with two attached hydrogens (primary N) is 1. The Kier molecular flexibility index (Phi) is 5.10. The van der Waals surface area contributed by atoms with Crippen LogP contribution in [0.3, 0.4) is 0 Å². The van der Waals surface area contributed by atoms with E-state index in [1.165, 1.54) is 16.0 Å². The molecule has 2 N–H and O–H groups in total. The molecule has 0 atom stereocenters. The predicted molar refractivity (Wildman–Crippen MR) is 112 cm³/mol. The minimum atomic E-state index is 0.558. The highest BCUT2D eigenvalue weighted by Gasteiger charge is 2.25. The summed E-state index contributed by atoms with van der Waals surface area (Å²) in [7, 11) is 0. The highest BCUT2D eigenvalue weighted by Crippen LogP contribution is 2.38. The molecule has 2 aromatic heterocycles. The number of fused-ring (bicyclic) bond motifs is 3. The number of halogens is 1. The van der Waals surface area contributed by atoms with Crippen LogP contribution in [-0.4, -0.2) is 27.5 Å². The third-order valence-electron chi connectivity index (χ3n) is 4.75. The molecule has 4 nitrogen and oxygen atoms in total. The molecule has 1 aliphatic heterocycles. The molecule has 0 amide bonds. The maximum atomic E-state index is 6.32. The van der Waals surface area contributed by atoms with Crippen molar-refractivity contribution in [2.75, 3.05) is 12.3 Å². The molecule has 7 heteroatoms. The number of hydrogen-bond acceptors (Lipinski definition) is 6. The molecule has 0 spiro atoms. The van der Waals surface area contributed by atoms with Crippen molar-refractivity contribution in [1.29, 1.82) is 0 Å². The summed E-state index contributed by atoms with van der Waals surface area (Å²) in [6.07, 6.45) is 1.03. The van der Waals surface area contributed by atoms with Gasteiger partial charge in [-0.2, -0.15) is 0 Å². The fourth-order valence-corrected chi connectivity index (χ4v) is 5.50. The molecule has 3 aromatic rings. The van der Waals surface area contributed by atoms with E-state index in [0.29, 0.717) is 11.9 Å². The monoisotopic (exact) mass is 404 g/mol. The number of benzene rings is 1. The molecule has 1 aliphatic rings. The van der Waals surface area contributed by atoms with Crippen molar-refractivity contribution < 1.29 is 0 Å². The molecule has 0 radical (unpaired) electrons. The largest absolute Gasteiger partial charge is 0.383 e. The van der Waals surface area contributed by atoms with Gasteiger partial charge in [-0.1, -0.05) is 35.5 Å². The number of nitrogens with zero attached hydrogens (tertiary/aromatic N) is 3. The predicted octanol–water partition coefficient (Wildman–Crippen LogP) is 4.99. The van der Waals surface area contributed by atoms with Gasteiger partial charge in [-0.15, -0.1) is 11.3 Å². The zero-order valence-electron chi connectivity index (χ0n) is 14.8. The molecule has 26 heavy (non-hydrogen) atoms. The Morgan fingerprint density at radius 1 is 1.27 bits per heavy atom. The number of aromatic nitrogens is 2. The van der Waals surface area contributed by atoms with Gasteiger partial charge in [0.1, 0.15) is 10.6 Å². The summed E-state index contributed by atoms with van der Waals surface area (Å²) in [5.41, 5.74) is 8.87. The first-order valence-corrected chi connectivity index (χ1v) is 10.9. The van der Waals surface area contributed by atoms with Crippen molar-refractivity contribution in [3.63, 3.8) is 0 Å². The van der Waals surface area contributed by atoms with Gasteiger partial charge < -0.3 is 5.73 Å². The zero-order chi connectivity index (χ0) is 18.3. The molecule has 3 heterocycles. The van der Waals surface area contributed by atoms with Crippen molar-refractivity contribution in [2.45, 2.75) is 43.8 Å². The SMILES string of the molecule is CC(C)N1CCc2c(sc3nc(SCc4ccc(Cl)cc4)nc(N)c23)C1. The lowest BCUT2D eigenvalue weighted by molar-refractivity contribution is 0.206. The Labute approximate surface area is 166 Å². The topological polar surface area (TPSA) is 55.0 Å². The van der Waals surface area contributed by atoms with Crippen molar-refractivity contribution in [2.24, 2.45) is 0 Å². The van der Waals surface area contributed by atoms with E-state index in [-0.39, 0.29) is 0 Å². The normalized spacial score (nSPS) is 14.9. The standard InChI is InChI=1S/C19H21ClN4S2/c1-11(2)24-8-7-14-15(9-24)26-18-16(14)17(21)22-19(23-18)25-10-12-3-5-13(20)6-4-12/h3-6,11H,7-10H2,1-2H3,(H2,21,22,23). The molecule has 0 bridgehead atoms. The summed E-state index contributed by atoms with van der Waals surface area (Å²) in [5, 5.41) is 2.56. The Morgan fingerprint density at radius 2 is 2.04 bits per heavy atom. The van der Waals surface area contributed by atoms with E-state index in [1.807, 2.05) is 24.3 Å². The van der Waals surface area contributed by atoms with Crippen molar-refractivity contribution in [3.05, 3.63) is 45.3 Å². The van der Waals surface area contributed by atoms with Crippen molar-refractivity contribution >= 4 is 50.7 Å². The van der Waals surface area contributed by atoms with Gasteiger partial charge in [-0.25, -0.2) is 9.97 Å². The molecule has 0 aliphatic carbocycles. The van der Waals surface area contributed by atoms with Gasteiger partial charge in [0.25, 0.3) is 0 Å². The molecule has 0 fully saturated rings. The van der Waals surface area contributed by atoms with Crippen LogP contribution in [0.1, 0.15) is 29.9 Å². The fourth-order valence-electron chi connectivity index (χ4n) is 3.26. The lowest BCUT2D eigenvalue weighted by Crippen LogP contribution is -2.35. The molecule has 136 valence electrons. The average molecular weight is 405 g/mol. The van der Waals surface area contributed by atoms with Crippen LogP contribution in [0.2, 0.25) is 5.02 Å². The summed E-state index contributed by atoms with van der Waals surface area (Å²) in [6, 6.07) is 8.43. The minimum Gasteiger partial charge on any atom is -0.383 e. The smallest absolute Gasteiger partial charge is 0.191 e. The number of hydrogen-bond donors (Lipinski definition) is 1. The number of nitrogen functional groups attached to an aromatic ring is 1. The summed E-state index contributed by atoms with van der Waals surface area (Å²) in [5.74, 6) is 1.41. The lowest BCUT2D eigenvalue weighted by atomic mass is 10.0. The zero-order valence-corrected chi connectivity index (χ0v) is 17.2. The first-order valence-electron chi connectivity index (χ1n) is 8.70. The van der Waals surface area contributed by atoms with E-state index in [2.05, 4.69) is 23.7 Å². The summed E-state index contributed by atoms with van der Waals surface area (Å²) < 4.78 is 0. The van der Waals surface area contributed by atoms with Crippen molar-refractivity contribution in [3.8, 4) is 0 Å². The Hall–Kier alpha value is -1.34. The first-order chi connectivity index (χ1) is 12.5. The minimum absolute atomic E-state index is 0.558. The van der Waals surface area contributed by atoms with E-state index in [4.69, 9.17) is 22.3 Å². The van der Waals surface area contributed by atoms with Crippen molar-refractivity contribution in [1.82, 2.24) is 14.9 Å². The molecule has 0 saturated heterocycles. The number of thiophene rings is 1. The van der Waals surface area contributed by atoms with Crippen LogP contribution < -0.4 is 5.73 Å². The van der Waals surface area contributed by atoms with E-state index >= 15 is 0 Å². The third kappa shape index (κ3) is 3.56. The average Bonchev–Trinajstić information content (AvgIpc) is 2.99. The molecule has 4 rings (SSSR count). The van der Waals surface area contributed by atoms with Gasteiger partial charge in [-0.05, 0) is 43.5 Å². The summed E-state index contributed by atoms with van der Waals surface area (Å²) in [4.78, 5) is 14.3. The maximum absolute atomic E-state index is 6.32. The summed E-state index contributed by atoms with van der Waals surface area (Å²) in [6.45, 7) is 6.56. The van der Waals surface area contributed by atoms with E-state index in [0.717, 1.165) is 45.7 Å². The van der Waals surface area contributed by atoms with Gasteiger partial charge in [-0.3, -0.25) is 4.90 Å². The Bertz CT molecular complexity index is 937. The van der Waals surface area contributed by atoms with E-state index in [9.17, 15) is 0 Å². The molecule has 0 unspecified atom stereocenters. The van der Waals surface area contributed by atoms with Gasteiger partial charge in [0, 0.05) is 34.8 Å². The Morgan fingerprint density at radius 3 is 2.77 bits per heavy atom. The number of rotatable bonds is 4. The highest BCUT2D eigenvalue weighted by molar-refractivity contribution is 7.98. The lowest BCUT2D eigenvalue weighted by Gasteiger charge is -2.30. The summed E-state index contributed by atoms with van der Waals surface area (Å²) >= 11 is 9.32. The second kappa shape index (κ2) is 7.35. The highest BCUT2D eigenvalue weighted by atomic mass is 35.5. The molecule has 1 aromatic carbocycles. The second-order valence-corrected chi connectivity index (χ2v) is 9.27. The van der Waals surface area contributed by atoms with Gasteiger partial charge in [0.2, 0.25) is 0 Å². The third-order valence-corrected chi connectivity index (χ3v) is 7.03. The fraction of sp³-hybridized carbons (Fsp3) is 0.368. The van der Waals surface area contributed by atoms with Gasteiger partial charge in [0.15, 0.2) is 5.16 Å². The van der Waals surface area contributed by atoms with Crippen LogP contribution in [-0.2, 0) is 18.7 Å². The van der Waals surface area contributed by atoms with E-state index < -0.39 is 0 Å². The number of anilines is 1. The van der Waals surface area contributed by atoms with Gasteiger partial charge in [0.05, 0.1) is 5.39 Å². The Balaban J connectivity index is 1.59. The maximum Gasteiger partial charge on any atom is 0.191 e.